The van der Waals surface area contributed by atoms with E-state index in [2.05, 4.69) is 10.9 Å². The summed E-state index contributed by atoms with van der Waals surface area (Å²) in [6.45, 7) is 8.25. The van der Waals surface area contributed by atoms with Crippen LogP contribution in [-0.2, 0) is 19.6 Å². The molecule has 0 bridgehead atoms. The molecule has 7 nitrogen and oxygen atoms in total. The first-order valence-corrected chi connectivity index (χ1v) is 10.7. The lowest BCUT2D eigenvalue weighted by atomic mass is 9.98. The summed E-state index contributed by atoms with van der Waals surface area (Å²) in [6, 6.07) is 5.12. The van der Waals surface area contributed by atoms with Gasteiger partial charge in [-0.1, -0.05) is 19.9 Å². The molecule has 27 heavy (non-hydrogen) atoms. The van der Waals surface area contributed by atoms with Gasteiger partial charge in [-0.15, -0.1) is 0 Å². The molecule has 2 amide bonds. The molecule has 1 aliphatic rings. The Balaban J connectivity index is 1.91. The number of amides is 2. The van der Waals surface area contributed by atoms with E-state index in [0.717, 1.165) is 11.1 Å². The van der Waals surface area contributed by atoms with Crippen LogP contribution in [0.4, 0.5) is 0 Å². The molecule has 0 radical (unpaired) electrons. The number of rotatable bonds is 5. The molecule has 150 valence electrons. The molecule has 1 aromatic rings. The summed E-state index contributed by atoms with van der Waals surface area (Å²) in [5, 5.41) is 0. The number of nitrogens with one attached hydrogen (secondary N) is 2. The lowest BCUT2D eigenvalue weighted by molar-refractivity contribution is -0.132. The molecule has 0 spiro atoms. The van der Waals surface area contributed by atoms with Gasteiger partial charge in [-0.05, 0) is 55.9 Å². The van der Waals surface area contributed by atoms with Crippen molar-refractivity contribution in [1.82, 2.24) is 15.2 Å². The normalized spacial score (nSPS) is 16.3. The number of piperidine rings is 1. The molecular formula is C19H29N3O4S. The number of nitrogens with zero attached hydrogens (tertiary/aromatic N) is 1. The zero-order valence-corrected chi connectivity index (χ0v) is 17.2. The number of carbonyl (C=O) groups excluding carboxylic acids is 2. The second kappa shape index (κ2) is 8.84. The molecular weight excluding hydrogens is 366 g/mol. The van der Waals surface area contributed by atoms with Crippen molar-refractivity contribution in [3.8, 4) is 0 Å². The minimum Gasteiger partial charge on any atom is -0.273 e. The van der Waals surface area contributed by atoms with Crippen LogP contribution in [0.3, 0.4) is 0 Å². The minimum absolute atomic E-state index is 0.209. The maximum atomic E-state index is 12.8. The van der Waals surface area contributed by atoms with Gasteiger partial charge in [0, 0.05) is 25.4 Å². The van der Waals surface area contributed by atoms with E-state index in [4.69, 9.17) is 0 Å². The van der Waals surface area contributed by atoms with Crippen molar-refractivity contribution >= 4 is 21.8 Å². The highest BCUT2D eigenvalue weighted by Gasteiger charge is 2.32. The average Bonchev–Trinajstić information content (AvgIpc) is 2.61. The Labute approximate surface area is 161 Å². The van der Waals surface area contributed by atoms with Gasteiger partial charge in [-0.3, -0.25) is 20.4 Å². The summed E-state index contributed by atoms with van der Waals surface area (Å²) in [5.74, 6) is -0.597. The average molecular weight is 396 g/mol. The van der Waals surface area contributed by atoms with Gasteiger partial charge in [0.05, 0.1) is 4.90 Å². The van der Waals surface area contributed by atoms with Gasteiger partial charge >= 0.3 is 0 Å². The van der Waals surface area contributed by atoms with Crippen LogP contribution in [0.5, 0.6) is 0 Å². The fourth-order valence-corrected chi connectivity index (χ4v) is 4.59. The largest absolute Gasteiger partial charge is 0.273 e. The Morgan fingerprint density at radius 1 is 1.11 bits per heavy atom. The molecule has 0 atom stereocenters. The van der Waals surface area contributed by atoms with Gasteiger partial charge in [-0.2, -0.15) is 4.31 Å². The highest BCUT2D eigenvalue weighted by atomic mass is 32.2. The number of carbonyl (C=O) groups is 2. The van der Waals surface area contributed by atoms with E-state index in [1.807, 2.05) is 33.8 Å². The number of hydrogen-bond donors (Lipinski definition) is 2. The molecule has 1 aliphatic heterocycles. The maximum absolute atomic E-state index is 12.8. The maximum Gasteiger partial charge on any atom is 0.243 e. The second-order valence-electron chi connectivity index (χ2n) is 7.56. The highest BCUT2D eigenvalue weighted by molar-refractivity contribution is 7.89. The van der Waals surface area contributed by atoms with E-state index >= 15 is 0 Å². The number of benzene rings is 1. The summed E-state index contributed by atoms with van der Waals surface area (Å²) in [5.41, 5.74) is 6.85. The SMILES string of the molecule is Cc1ccc(S(=O)(=O)N2CCC(C(=O)NNC(=O)CC(C)C)CC2)cc1C. The van der Waals surface area contributed by atoms with Gasteiger partial charge in [0.2, 0.25) is 21.8 Å². The third-order valence-electron chi connectivity index (χ3n) is 4.86. The van der Waals surface area contributed by atoms with Crippen LogP contribution in [0.25, 0.3) is 0 Å². The van der Waals surface area contributed by atoms with Crippen LogP contribution in [0.2, 0.25) is 0 Å². The Morgan fingerprint density at radius 2 is 1.74 bits per heavy atom. The van der Waals surface area contributed by atoms with E-state index in [1.165, 1.54) is 4.31 Å². The van der Waals surface area contributed by atoms with Crippen LogP contribution in [0, 0.1) is 25.7 Å². The first-order valence-electron chi connectivity index (χ1n) is 9.27. The van der Waals surface area contributed by atoms with Crippen molar-refractivity contribution in [2.24, 2.45) is 11.8 Å². The first kappa shape index (κ1) is 21.4. The molecule has 1 aromatic carbocycles. The molecule has 0 aromatic heterocycles. The lowest BCUT2D eigenvalue weighted by Crippen LogP contribution is -2.48. The van der Waals surface area contributed by atoms with Crippen LogP contribution >= 0.6 is 0 Å². The second-order valence-corrected chi connectivity index (χ2v) is 9.50. The lowest BCUT2D eigenvalue weighted by Gasteiger charge is -2.30. The molecule has 0 aliphatic carbocycles. The predicted octanol–water partition coefficient (Wildman–Crippen LogP) is 1.90. The Hall–Kier alpha value is -1.93. The Kier molecular flexibility index (Phi) is 7.00. The fraction of sp³-hybridized carbons (Fsp3) is 0.579. The van der Waals surface area contributed by atoms with Crippen LogP contribution in [0.1, 0.15) is 44.2 Å². The van der Waals surface area contributed by atoms with E-state index in [9.17, 15) is 18.0 Å². The van der Waals surface area contributed by atoms with Gasteiger partial charge in [0.1, 0.15) is 0 Å². The van der Waals surface area contributed by atoms with Crippen molar-refractivity contribution in [3.05, 3.63) is 29.3 Å². The predicted molar refractivity (Wildman–Crippen MR) is 103 cm³/mol. The highest BCUT2D eigenvalue weighted by Crippen LogP contribution is 2.25. The number of aryl methyl sites for hydroxylation is 2. The van der Waals surface area contributed by atoms with Crippen molar-refractivity contribution in [2.45, 2.75) is 51.9 Å². The van der Waals surface area contributed by atoms with Gasteiger partial charge in [-0.25, -0.2) is 8.42 Å². The van der Waals surface area contributed by atoms with Crippen LogP contribution in [0.15, 0.2) is 23.1 Å². The fourth-order valence-electron chi connectivity index (χ4n) is 3.04. The number of sulfonamides is 1. The summed E-state index contributed by atoms with van der Waals surface area (Å²) in [7, 11) is -3.56. The Morgan fingerprint density at radius 3 is 2.30 bits per heavy atom. The summed E-state index contributed by atoms with van der Waals surface area (Å²) in [4.78, 5) is 24.1. The quantitative estimate of drug-likeness (QED) is 0.745. The molecule has 2 N–H and O–H groups in total. The number of hydrazine groups is 1. The Bertz CT molecular complexity index is 797. The van der Waals surface area contributed by atoms with E-state index in [0.29, 0.717) is 19.3 Å². The monoisotopic (exact) mass is 395 g/mol. The van der Waals surface area contributed by atoms with Gasteiger partial charge in [0.15, 0.2) is 0 Å². The molecule has 0 saturated carbocycles. The van der Waals surface area contributed by atoms with Crippen molar-refractivity contribution < 1.29 is 18.0 Å². The standard InChI is InChI=1S/C19H29N3O4S/c1-13(2)11-18(23)20-21-19(24)16-7-9-22(10-8-16)27(25,26)17-6-5-14(3)15(4)12-17/h5-6,12-13,16H,7-11H2,1-4H3,(H,20,23)(H,21,24). The summed E-state index contributed by atoms with van der Waals surface area (Å²) < 4.78 is 27.1. The van der Waals surface area contributed by atoms with Gasteiger partial charge < -0.3 is 0 Å². The van der Waals surface area contributed by atoms with E-state index < -0.39 is 10.0 Å². The van der Waals surface area contributed by atoms with Gasteiger partial charge in [0.25, 0.3) is 0 Å². The van der Waals surface area contributed by atoms with Crippen molar-refractivity contribution in [1.29, 1.82) is 0 Å². The van der Waals surface area contributed by atoms with E-state index in [-0.39, 0.29) is 41.6 Å². The third-order valence-corrected chi connectivity index (χ3v) is 6.75. The van der Waals surface area contributed by atoms with Crippen molar-refractivity contribution in [3.63, 3.8) is 0 Å². The van der Waals surface area contributed by atoms with Crippen molar-refractivity contribution in [2.75, 3.05) is 13.1 Å². The smallest absolute Gasteiger partial charge is 0.243 e. The first-order chi connectivity index (χ1) is 12.6. The minimum atomic E-state index is -3.56. The molecule has 1 saturated heterocycles. The summed E-state index contributed by atoms with van der Waals surface area (Å²) in [6.07, 6.45) is 1.19. The molecule has 1 heterocycles. The van der Waals surface area contributed by atoms with Crippen LogP contribution in [-0.4, -0.2) is 37.6 Å². The molecule has 2 rings (SSSR count). The molecule has 1 fully saturated rings. The van der Waals surface area contributed by atoms with Crippen LogP contribution < -0.4 is 10.9 Å². The molecule has 8 heteroatoms. The third kappa shape index (κ3) is 5.52. The summed E-state index contributed by atoms with van der Waals surface area (Å²) >= 11 is 0. The topological polar surface area (TPSA) is 95.6 Å². The molecule has 0 unspecified atom stereocenters. The number of hydrogen-bond acceptors (Lipinski definition) is 4. The zero-order valence-electron chi connectivity index (χ0n) is 16.4. The van der Waals surface area contributed by atoms with E-state index in [1.54, 1.807) is 12.1 Å². The zero-order chi connectivity index (χ0) is 20.2.